The summed E-state index contributed by atoms with van der Waals surface area (Å²) in [7, 11) is 0. The minimum Gasteiger partial charge on any atom is -0.356 e. The summed E-state index contributed by atoms with van der Waals surface area (Å²) in [6.45, 7) is 4.07. The highest BCUT2D eigenvalue weighted by molar-refractivity contribution is 5.46. The van der Waals surface area contributed by atoms with Crippen LogP contribution in [0, 0.1) is 11.8 Å². The van der Waals surface area contributed by atoms with Gasteiger partial charge in [0.2, 0.25) is 0 Å². The number of rotatable bonds is 3. The molecule has 126 valence electrons. The van der Waals surface area contributed by atoms with Gasteiger partial charge in [0.25, 0.3) is 0 Å². The SMILES string of the molecule is c1cnn(-c2cc(N3CC4CN(c5cnccn5)CC4C3)ncn2)c1. The van der Waals surface area contributed by atoms with Gasteiger partial charge in [0.05, 0.1) is 6.20 Å². The summed E-state index contributed by atoms with van der Waals surface area (Å²) in [5.74, 6) is 4.01. The summed E-state index contributed by atoms with van der Waals surface area (Å²) < 4.78 is 1.76. The minimum atomic E-state index is 0.630. The number of hydrogen-bond acceptors (Lipinski definition) is 7. The lowest BCUT2D eigenvalue weighted by atomic mass is 10.0. The Morgan fingerprint density at radius 3 is 2.24 bits per heavy atom. The van der Waals surface area contributed by atoms with Crippen LogP contribution < -0.4 is 9.80 Å². The lowest BCUT2D eigenvalue weighted by molar-refractivity contribution is 0.533. The molecule has 0 amide bonds. The molecule has 3 aromatic rings. The Hall–Kier alpha value is -3.03. The number of hydrogen-bond donors (Lipinski definition) is 0. The molecule has 0 radical (unpaired) electrons. The molecule has 3 aromatic heterocycles. The van der Waals surface area contributed by atoms with Crippen molar-refractivity contribution in [3.8, 4) is 5.82 Å². The van der Waals surface area contributed by atoms with Gasteiger partial charge in [-0.25, -0.2) is 19.6 Å². The highest BCUT2D eigenvalue weighted by atomic mass is 15.3. The van der Waals surface area contributed by atoms with Gasteiger partial charge in [0.1, 0.15) is 18.0 Å². The van der Waals surface area contributed by atoms with Crippen LogP contribution in [0.25, 0.3) is 5.82 Å². The van der Waals surface area contributed by atoms with Crippen molar-refractivity contribution in [2.24, 2.45) is 11.8 Å². The summed E-state index contributed by atoms with van der Waals surface area (Å²) in [5.41, 5.74) is 0. The Morgan fingerprint density at radius 2 is 1.56 bits per heavy atom. The maximum absolute atomic E-state index is 4.47. The Balaban J connectivity index is 1.31. The Bertz CT molecular complexity index is 836. The number of nitrogens with zero attached hydrogens (tertiary/aromatic N) is 8. The van der Waals surface area contributed by atoms with Crippen molar-refractivity contribution in [2.75, 3.05) is 36.0 Å². The first-order valence-electron chi connectivity index (χ1n) is 8.45. The second-order valence-corrected chi connectivity index (χ2v) is 6.58. The van der Waals surface area contributed by atoms with Crippen LogP contribution in [-0.2, 0) is 0 Å². The maximum atomic E-state index is 4.47. The molecule has 2 aliphatic rings. The topological polar surface area (TPSA) is 75.9 Å². The first-order chi connectivity index (χ1) is 12.4. The van der Waals surface area contributed by atoms with E-state index in [1.807, 2.05) is 24.5 Å². The molecule has 0 bridgehead atoms. The average molecular weight is 334 g/mol. The second kappa shape index (κ2) is 5.80. The van der Waals surface area contributed by atoms with Crippen LogP contribution in [0.5, 0.6) is 0 Å². The molecule has 25 heavy (non-hydrogen) atoms. The third-order valence-corrected chi connectivity index (χ3v) is 5.06. The smallest absolute Gasteiger partial charge is 0.158 e. The van der Waals surface area contributed by atoms with Crippen LogP contribution in [0.2, 0.25) is 0 Å². The van der Waals surface area contributed by atoms with Crippen molar-refractivity contribution in [1.29, 1.82) is 0 Å². The van der Waals surface area contributed by atoms with Gasteiger partial charge in [-0.15, -0.1) is 0 Å². The van der Waals surface area contributed by atoms with E-state index in [4.69, 9.17) is 0 Å². The largest absolute Gasteiger partial charge is 0.356 e. The first kappa shape index (κ1) is 14.3. The summed E-state index contributed by atoms with van der Waals surface area (Å²) in [6, 6.07) is 3.90. The zero-order valence-electron chi connectivity index (χ0n) is 13.7. The molecule has 2 unspecified atom stereocenters. The molecule has 0 aliphatic carbocycles. The molecular formula is C17H18N8. The van der Waals surface area contributed by atoms with Crippen LogP contribution in [0.3, 0.4) is 0 Å². The molecule has 0 aromatic carbocycles. The normalized spacial score (nSPS) is 22.4. The summed E-state index contributed by atoms with van der Waals surface area (Å²) in [6.07, 6.45) is 10.6. The molecule has 0 spiro atoms. The van der Waals surface area contributed by atoms with E-state index in [1.165, 1.54) is 0 Å². The molecule has 2 saturated heterocycles. The molecule has 8 heteroatoms. The van der Waals surface area contributed by atoms with Crippen molar-refractivity contribution in [3.05, 3.63) is 49.4 Å². The predicted molar refractivity (Wildman–Crippen MR) is 92.6 cm³/mol. The maximum Gasteiger partial charge on any atom is 0.158 e. The van der Waals surface area contributed by atoms with E-state index in [0.29, 0.717) is 11.8 Å². The van der Waals surface area contributed by atoms with E-state index in [1.54, 1.807) is 29.6 Å². The zero-order valence-corrected chi connectivity index (χ0v) is 13.7. The summed E-state index contributed by atoms with van der Waals surface area (Å²) in [4.78, 5) is 22.1. The first-order valence-corrected chi connectivity index (χ1v) is 8.45. The van der Waals surface area contributed by atoms with E-state index in [0.717, 1.165) is 43.6 Å². The average Bonchev–Trinajstić information content (AvgIpc) is 3.38. The van der Waals surface area contributed by atoms with E-state index >= 15 is 0 Å². The van der Waals surface area contributed by atoms with Crippen LogP contribution in [-0.4, -0.2) is 55.9 Å². The molecule has 5 rings (SSSR count). The van der Waals surface area contributed by atoms with Crippen LogP contribution in [0.15, 0.2) is 49.4 Å². The standard InChI is InChI=1S/C17H18N8/c1-2-22-25(5-1)16-6-15(20-12-21-16)23-8-13-10-24(11-14(13)9-23)17-7-18-3-4-19-17/h1-7,12-14H,8-11H2. The van der Waals surface area contributed by atoms with Gasteiger partial charge in [-0.05, 0) is 6.07 Å². The van der Waals surface area contributed by atoms with E-state index < -0.39 is 0 Å². The molecule has 2 fully saturated rings. The predicted octanol–water partition coefficient (Wildman–Crippen LogP) is 1.02. The molecule has 0 saturated carbocycles. The third-order valence-electron chi connectivity index (χ3n) is 5.06. The third kappa shape index (κ3) is 2.59. The van der Waals surface area contributed by atoms with Crippen molar-refractivity contribution in [1.82, 2.24) is 29.7 Å². The number of anilines is 2. The summed E-state index contributed by atoms with van der Waals surface area (Å²) in [5, 5.41) is 4.24. The summed E-state index contributed by atoms with van der Waals surface area (Å²) >= 11 is 0. The van der Waals surface area contributed by atoms with Crippen molar-refractivity contribution in [2.45, 2.75) is 0 Å². The molecular weight excluding hydrogens is 316 g/mol. The van der Waals surface area contributed by atoms with Gasteiger partial charge < -0.3 is 9.80 Å². The Morgan fingerprint density at radius 1 is 0.800 bits per heavy atom. The van der Waals surface area contributed by atoms with Crippen molar-refractivity contribution < 1.29 is 0 Å². The lowest BCUT2D eigenvalue weighted by Crippen LogP contribution is -2.29. The van der Waals surface area contributed by atoms with E-state index in [-0.39, 0.29) is 0 Å². The number of fused-ring (bicyclic) bond motifs is 1. The van der Waals surface area contributed by atoms with Crippen molar-refractivity contribution >= 4 is 11.6 Å². The van der Waals surface area contributed by atoms with Crippen LogP contribution in [0.1, 0.15) is 0 Å². The van der Waals surface area contributed by atoms with Gasteiger partial charge in [0, 0.05) is 68.9 Å². The van der Waals surface area contributed by atoms with Gasteiger partial charge >= 0.3 is 0 Å². The highest BCUT2D eigenvalue weighted by Gasteiger charge is 2.41. The highest BCUT2D eigenvalue weighted by Crippen LogP contribution is 2.34. The molecule has 2 aliphatic heterocycles. The fourth-order valence-electron chi connectivity index (χ4n) is 3.86. The van der Waals surface area contributed by atoms with Crippen molar-refractivity contribution in [3.63, 3.8) is 0 Å². The Kier molecular flexibility index (Phi) is 3.32. The lowest BCUT2D eigenvalue weighted by Gasteiger charge is -2.22. The zero-order chi connectivity index (χ0) is 16.6. The Labute approximate surface area is 145 Å². The number of aromatic nitrogens is 6. The van der Waals surface area contributed by atoms with E-state index in [9.17, 15) is 0 Å². The van der Waals surface area contributed by atoms with Gasteiger partial charge in [0.15, 0.2) is 5.82 Å². The van der Waals surface area contributed by atoms with Gasteiger partial charge in [-0.3, -0.25) is 4.98 Å². The molecule has 2 atom stereocenters. The van der Waals surface area contributed by atoms with E-state index in [2.05, 4.69) is 34.8 Å². The van der Waals surface area contributed by atoms with Gasteiger partial charge in [-0.2, -0.15) is 5.10 Å². The second-order valence-electron chi connectivity index (χ2n) is 6.58. The molecule has 5 heterocycles. The quantitative estimate of drug-likeness (QED) is 0.708. The minimum absolute atomic E-state index is 0.630. The fraction of sp³-hybridized carbons (Fsp3) is 0.353. The van der Waals surface area contributed by atoms with Crippen LogP contribution in [0.4, 0.5) is 11.6 Å². The molecule has 0 N–H and O–H groups in total. The fourth-order valence-corrected chi connectivity index (χ4v) is 3.86. The monoisotopic (exact) mass is 334 g/mol. The van der Waals surface area contributed by atoms with Gasteiger partial charge in [-0.1, -0.05) is 0 Å². The molecule has 8 nitrogen and oxygen atoms in total. The van der Waals surface area contributed by atoms with Crippen LogP contribution >= 0.6 is 0 Å².